The molecule has 3 rings (SSSR count). The molecule has 0 aliphatic carbocycles. The van der Waals surface area contributed by atoms with Gasteiger partial charge in [-0.2, -0.15) is 0 Å². The van der Waals surface area contributed by atoms with Crippen LogP contribution in [0.25, 0.3) is 0 Å². The van der Waals surface area contributed by atoms with Gasteiger partial charge in [0.2, 0.25) is 5.88 Å². The molecule has 3 aromatic rings. The molecule has 1 amide bonds. The number of hydrogen-bond donors (Lipinski definition) is 1. The van der Waals surface area contributed by atoms with E-state index in [-0.39, 0.29) is 12.0 Å². The van der Waals surface area contributed by atoms with Crippen molar-refractivity contribution in [3.05, 3.63) is 83.7 Å². The fourth-order valence-corrected chi connectivity index (χ4v) is 2.66. The molecule has 0 unspecified atom stereocenters. The van der Waals surface area contributed by atoms with E-state index in [1.807, 2.05) is 68.4 Å². The predicted molar refractivity (Wildman–Crippen MR) is 109 cm³/mol. The van der Waals surface area contributed by atoms with Crippen molar-refractivity contribution < 1.29 is 9.53 Å². The summed E-state index contributed by atoms with van der Waals surface area (Å²) in [6.45, 7) is 2.39. The minimum absolute atomic E-state index is 0.119. The van der Waals surface area contributed by atoms with Crippen LogP contribution in [0.15, 0.2) is 67.0 Å². The maximum absolute atomic E-state index is 12.4. The highest BCUT2D eigenvalue weighted by Gasteiger charge is 2.10. The highest BCUT2D eigenvalue weighted by Crippen LogP contribution is 2.19. The van der Waals surface area contributed by atoms with Crippen LogP contribution in [-0.4, -0.2) is 30.0 Å². The first kappa shape index (κ1) is 19.4. The summed E-state index contributed by atoms with van der Waals surface area (Å²) in [7, 11) is 3.86. The minimum Gasteiger partial charge on any atom is -0.470 e. The Morgan fingerprint density at radius 3 is 2.57 bits per heavy atom. The van der Waals surface area contributed by atoms with E-state index in [0.717, 1.165) is 16.9 Å². The van der Waals surface area contributed by atoms with Gasteiger partial charge in [0.05, 0.1) is 5.56 Å². The van der Waals surface area contributed by atoms with Gasteiger partial charge in [-0.15, -0.1) is 0 Å². The quantitative estimate of drug-likeness (QED) is 0.682. The third kappa shape index (κ3) is 5.07. The van der Waals surface area contributed by atoms with Crippen molar-refractivity contribution in [2.24, 2.45) is 0 Å². The summed E-state index contributed by atoms with van der Waals surface area (Å²) in [6, 6.07) is 17.2. The molecule has 0 aliphatic rings. The molecule has 6 heteroatoms. The molecule has 0 aliphatic heterocycles. The van der Waals surface area contributed by atoms with Crippen LogP contribution in [0.3, 0.4) is 0 Å². The van der Waals surface area contributed by atoms with Crippen molar-refractivity contribution in [1.82, 2.24) is 15.3 Å². The van der Waals surface area contributed by atoms with Crippen molar-refractivity contribution in [2.75, 3.05) is 19.0 Å². The third-order valence-corrected chi connectivity index (χ3v) is 4.29. The number of nitrogens with zero attached hydrogens (tertiary/aromatic N) is 3. The molecule has 28 heavy (non-hydrogen) atoms. The number of ether oxygens (including phenoxy) is 1. The number of aromatic nitrogens is 2. The van der Waals surface area contributed by atoms with Crippen LogP contribution in [0, 0.1) is 0 Å². The summed E-state index contributed by atoms with van der Waals surface area (Å²) >= 11 is 0. The fourth-order valence-electron chi connectivity index (χ4n) is 2.66. The summed E-state index contributed by atoms with van der Waals surface area (Å²) in [4.78, 5) is 22.8. The van der Waals surface area contributed by atoms with Gasteiger partial charge in [-0.3, -0.25) is 4.79 Å². The first-order valence-corrected chi connectivity index (χ1v) is 9.11. The van der Waals surface area contributed by atoms with Gasteiger partial charge in [0.1, 0.15) is 11.9 Å². The van der Waals surface area contributed by atoms with Crippen LogP contribution in [0.2, 0.25) is 0 Å². The molecule has 1 aromatic carbocycles. The second-order valence-corrected chi connectivity index (χ2v) is 6.66. The van der Waals surface area contributed by atoms with E-state index in [0.29, 0.717) is 18.0 Å². The molecule has 1 N–H and O–H groups in total. The molecule has 0 radical (unpaired) electrons. The number of pyridine rings is 2. The zero-order chi connectivity index (χ0) is 19.9. The predicted octanol–water partition coefficient (Wildman–Crippen LogP) is 3.61. The van der Waals surface area contributed by atoms with E-state index in [2.05, 4.69) is 15.3 Å². The summed E-state index contributed by atoms with van der Waals surface area (Å²) in [5, 5.41) is 2.90. The third-order valence-electron chi connectivity index (χ3n) is 4.29. The Morgan fingerprint density at radius 2 is 1.89 bits per heavy atom. The molecule has 2 heterocycles. The van der Waals surface area contributed by atoms with Crippen LogP contribution < -0.4 is 15.0 Å². The van der Waals surface area contributed by atoms with Gasteiger partial charge in [-0.05, 0) is 36.2 Å². The molecular formula is C22H24N4O2. The van der Waals surface area contributed by atoms with Crippen molar-refractivity contribution in [1.29, 1.82) is 0 Å². The molecule has 0 bridgehead atoms. The Balaban J connectivity index is 1.57. The average Bonchev–Trinajstić information content (AvgIpc) is 2.73. The van der Waals surface area contributed by atoms with Crippen molar-refractivity contribution in [3.8, 4) is 5.88 Å². The van der Waals surface area contributed by atoms with Gasteiger partial charge >= 0.3 is 0 Å². The molecule has 0 saturated heterocycles. The fraction of sp³-hybridized carbons (Fsp3) is 0.227. The van der Waals surface area contributed by atoms with Crippen LogP contribution in [-0.2, 0) is 6.54 Å². The smallest absolute Gasteiger partial charge is 0.253 e. The summed E-state index contributed by atoms with van der Waals surface area (Å²) in [5.41, 5.74) is 2.54. The normalized spacial score (nSPS) is 11.5. The monoisotopic (exact) mass is 376 g/mol. The Labute approximate surface area is 165 Å². The van der Waals surface area contributed by atoms with Gasteiger partial charge in [-0.1, -0.05) is 30.3 Å². The number of carbonyl (C=O) groups excluding carboxylic acids is 1. The molecule has 0 saturated carbocycles. The van der Waals surface area contributed by atoms with Gasteiger partial charge in [0.25, 0.3) is 5.91 Å². The lowest BCUT2D eigenvalue weighted by Gasteiger charge is -2.14. The number of rotatable bonds is 7. The molecule has 2 aromatic heterocycles. The van der Waals surface area contributed by atoms with Crippen molar-refractivity contribution in [2.45, 2.75) is 19.6 Å². The highest BCUT2D eigenvalue weighted by molar-refractivity contribution is 5.93. The number of carbonyl (C=O) groups is 1. The average molecular weight is 376 g/mol. The number of nitrogens with one attached hydrogen (secondary N) is 1. The molecular weight excluding hydrogens is 352 g/mol. The van der Waals surface area contributed by atoms with E-state index < -0.39 is 0 Å². The Bertz CT molecular complexity index is 911. The Morgan fingerprint density at radius 1 is 1.11 bits per heavy atom. The minimum atomic E-state index is -0.182. The first-order chi connectivity index (χ1) is 13.5. The number of amides is 1. The summed E-state index contributed by atoms with van der Waals surface area (Å²) in [5.74, 6) is 1.15. The Hall–Kier alpha value is -3.41. The van der Waals surface area contributed by atoms with Crippen LogP contribution in [0.1, 0.15) is 34.5 Å². The molecule has 0 spiro atoms. The standard InChI is InChI=1S/C22H24N4O2/c1-16(18-7-5-4-6-8-18)28-21-10-9-19(15-24-21)22(27)25-14-17-11-12-23-20(13-17)26(2)3/h4-13,15-16H,14H2,1-3H3,(H,25,27)/t16-/m0/s1. The second-order valence-electron chi connectivity index (χ2n) is 6.66. The van der Waals surface area contributed by atoms with Gasteiger partial charge in [0.15, 0.2) is 0 Å². The summed E-state index contributed by atoms with van der Waals surface area (Å²) < 4.78 is 5.85. The lowest BCUT2D eigenvalue weighted by molar-refractivity contribution is 0.0950. The maximum Gasteiger partial charge on any atom is 0.253 e. The molecule has 0 fully saturated rings. The second kappa shape index (κ2) is 8.99. The highest BCUT2D eigenvalue weighted by atomic mass is 16.5. The number of anilines is 1. The SMILES string of the molecule is C[C@H](Oc1ccc(C(=O)NCc2ccnc(N(C)C)c2)cn1)c1ccccc1. The summed E-state index contributed by atoms with van der Waals surface area (Å²) in [6.07, 6.45) is 3.14. The van der Waals surface area contributed by atoms with E-state index in [9.17, 15) is 4.79 Å². The zero-order valence-corrected chi connectivity index (χ0v) is 16.3. The van der Waals surface area contributed by atoms with Gasteiger partial charge in [-0.25, -0.2) is 9.97 Å². The number of benzene rings is 1. The first-order valence-electron chi connectivity index (χ1n) is 9.11. The Kier molecular flexibility index (Phi) is 6.22. The zero-order valence-electron chi connectivity index (χ0n) is 16.3. The maximum atomic E-state index is 12.4. The topological polar surface area (TPSA) is 67.3 Å². The van der Waals surface area contributed by atoms with E-state index in [1.165, 1.54) is 6.20 Å². The molecule has 1 atom stereocenters. The van der Waals surface area contributed by atoms with Crippen LogP contribution >= 0.6 is 0 Å². The lowest BCUT2D eigenvalue weighted by atomic mass is 10.1. The van der Waals surface area contributed by atoms with Crippen molar-refractivity contribution >= 4 is 11.7 Å². The van der Waals surface area contributed by atoms with Gasteiger partial charge < -0.3 is 15.0 Å². The molecule has 6 nitrogen and oxygen atoms in total. The van der Waals surface area contributed by atoms with E-state index in [4.69, 9.17) is 4.74 Å². The van der Waals surface area contributed by atoms with Gasteiger partial charge in [0, 0.05) is 39.1 Å². The van der Waals surface area contributed by atoms with Crippen LogP contribution in [0.4, 0.5) is 5.82 Å². The van der Waals surface area contributed by atoms with E-state index in [1.54, 1.807) is 18.3 Å². The number of hydrogen-bond acceptors (Lipinski definition) is 5. The van der Waals surface area contributed by atoms with E-state index >= 15 is 0 Å². The van der Waals surface area contributed by atoms with Crippen LogP contribution in [0.5, 0.6) is 5.88 Å². The largest absolute Gasteiger partial charge is 0.470 e. The molecule has 144 valence electrons. The lowest BCUT2D eigenvalue weighted by Crippen LogP contribution is -2.23. The van der Waals surface area contributed by atoms with Crippen molar-refractivity contribution in [3.63, 3.8) is 0 Å².